The molecule has 2 saturated heterocycles. The van der Waals surface area contributed by atoms with Gasteiger partial charge < -0.3 is 19.9 Å². The predicted molar refractivity (Wildman–Crippen MR) is 137 cm³/mol. The van der Waals surface area contributed by atoms with Gasteiger partial charge in [0.2, 0.25) is 17.7 Å². The van der Waals surface area contributed by atoms with Crippen LogP contribution in [0.15, 0.2) is 42.7 Å². The monoisotopic (exact) mass is 499 g/mol. The molecule has 1 saturated carbocycles. The summed E-state index contributed by atoms with van der Waals surface area (Å²) >= 11 is 0. The molecule has 2 aromatic heterocycles. The molecule has 1 aliphatic carbocycles. The number of fused-ring (bicyclic) bond motifs is 3. The van der Waals surface area contributed by atoms with Gasteiger partial charge in [0.05, 0.1) is 23.6 Å². The first-order chi connectivity index (χ1) is 18.0. The lowest BCUT2D eigenvalue weighted by Gasteiger charge is -2.31. The zero-order chi connectivity index (χ0) is 25.1. The fraction of sp³-hybridized carbons (Fsp3) is 0.357. The molecule has 2 amide bonds. The van der Waals surface area contributed by atoms with Gasteiger partial charge in [0.1, 0.15) is 23.9 Å². The largest absolute Gasteiger partial charge is 0.474 e. The Morgan fingerprint density at radius 3 is 2.65 bits per heavy atom. The Morgan fingerprint density at radius 2 is 1.86 bits per heavy atom. The summed E-state index contributed by atoms with van der Waals surface area (Å²) in [5.41, 5.74) is 4.51. The number of carbonyl (C=O) groups is 2. The molecule has 5 heterocycles. The molecule has 37 heavy (non-hydrogen) atoms. The number of carbonyl (C=O) groups excluding carboxylic acids is 2. The molecule has 1 atom stereocenters. The Bertz CT molecular complexity index is 1440. The van der Waals surface area contributed by atoms with Gasteiger partial charge in [-0.15, -0.1) is 0 Å². The maximum Gasteiger partial charge on any atom is 0.238 e. The average molecular weight is 500 g/mol. The highest BCUT2D eigenvalue weighted by Crippen LogP contribution is 2.46. The van der Waals surface area contributed by atoms with Crippen molar-refractivity contribution in [2.45, 2.75) is 50.5 Å². The summed E-state index contributed by atoms with van der Waals surface area (Å²) in [5, 5.41) is 3.33. The zero-order valence-electron chi connectivity index (χ0n) is 20.2. The number of hydrogen-bond donors (Lipinski definition) is 1. The maximum absolute atomic E-state index is 15.1. The third-order valence-corrected chi connectivity index (χ3v) is 7.68. The molecule has 9 heteroatoms. The van der Waals surface area contributed by atoms with E-state index in [2.05, 4.69) is 15.3 Å². The van der Waals surface area contributed by atoms with Crippen molar-refractivity contribution in [1.82, 2.24) is 9.97 Å². The van der Waals surface area contributed by atoms with E-state index in [0.29, 0.717) is 55.0 Å². The molecule has 3 aliphatic heterocycles. The third-order valence-electron chi connectivity index (χ3n) is 7.68. The minimum atomic E-state index is -0.395. The second-order valence-electron chi connectivity index (χ2n) is 10.2. The van der Waals surface area contributed by atoms with Crippen LogP contribution in [0, 0.1) is 5.82 Å². The number of hydrogen-bond acceptors (Lipinski definition) is 6. The lowest BCUT2D eigenvalue weighted by atomic mass is 9.98. The maximum atomic E-state index is 15.1. The molecule has 0 unspecified atom stereocenters. The highest BCUT2D eigenvalue weighted by Gasteiger charge is 2.38. The topological polar surface area (TPSA) is 87.7 Å². The number of nitrogens with zero attached hydrogens (tertiary/aromatic N) is 4. The van der Waals surface area contributed by atoms with Crippen LogP contribution < -0.4 is 19.9 Å². The van der Waals surface area contributed by atoms with Crippen LogP contribution in [-0.2, 0) is 9.59 Å². The fourth-order valence-electron chi connectivity index (χ4n) is 5.66. The van der Waals surface area contributed by atoms with E-state index in [1.807, 2.05) is 18.2 Å². The lowest BCUT2D eigenvalue weighted by Crippen LogP contribution is -2.40. The van der Waals surface area contributed by atoms with Gasteiger partial charge in [0.25, 0.3) is 0 Å². The number of benzene rings is 1. The first kappa shape index (κ1) is 22.2. The van der Waals surface area contributed by atoms with E-state index in [1.54, 1.807) is 23.4 Å². The van der Waals surface area contributed by atoms with Gasteiger partial charge >= 0.3 is 0 Å². The van der Waals surface area contributed by atoms with Crippen molar-refractivity contribution in [3.63, 3.8) is 0 Å². The molecule has 4 aliphatic rings. The summed E-state index contributed by atoms with van der Waals surface area (Å²) in [6.45, 7) is 1.03. The Hall–Kier alpha value is -4.01. The van der Waals surface area contributed by atoms with Crippen LogP contribution in [0.1, 0.15) is 50.0 Å². The molecule has 3 aromatic rings. The van der Waals surface area contributed by atoms with Crippen molar-refractivity contribution in [2.24, 2.45) is 0 Å². The Balaban J connectivity index is 1.18. The Morgan fingerprint density at radius 1 is 0.973 bits per heavy atom. The molecule has 8 nitrogen and oxygen atoms in total. The van der Waals surface area contributed by atoms with E-state index < -0.39 is 5.82 Å². The average Bonchev–Trinajstić information content (AvgIpc) is 3.56. The quantitative estimate of drug-likeness (QED) is 0.536. The zero-order valence-corrected chi connectivity index (χ0v) is 20.2. The van der Waals surface area contributed by atoms with Gasteiger partial charge in [-0.1, -0.05) is 6.07 Å². The molecule has 0 radical (unpaired) electrons. The van der Waals surface area contributed by atoms with E-state index in [4.69, 9.17) is 4.74 Å². The Kier molecular flexibility index (Phi) is 5.12. The molecule has 1 aromatic carbocycles. The van der Waals surface area contributed by atoms with Crippen molar-refractivity contribution in [3.8, 4) is 17.0 Å². The van der Waals surface area contributed by atoms with Crippen LogP contribution in [0.4, 0.5) is 27.3 Å². The summed E-state index contributed by atoms with van der Waals surface area (Å²) in [7, 11) is 0. The molecule has 3 fully saturated rings. The van der Waals surface area contributed by atoms with E-state index in [1.165, 1.54) is 11.0 Å². The van der Waals surface area contributed by atoms with Gasteiger partial charge in [-0.2, -0.15) is 0 Å². The Labute approximate surface area is 213 Å². The molecule has 188 valence electrons. The van der Waals surface area contributed by atoms with E-state index in [0.717, 1.165) is 48.1 Å². The van der Waals surface area contributed by atoms with Crippen molar-refractivity contribution >= 4 is 34.7 Å². The number of rotatable bonds is 5. The van der Waals surface area contributed by atoms with Crippen molar-refractivity contribution in [2.75, 3.05) is 28.3 Å². The minimum Gasteiger partial charge on any atom is -0.474 e. The summed E-state index contributed by atoms with van der Waals surface area (Å²) in [5.74, 6) is 1.20. The molecule has 1 N–H and O–H groups in total. The van der Waals surface area contributed by atoms with Crippen molar-refractivity contribution < 1.29 is 18.7 Å². The number of ether oxygens (including phenoxy) is 1. The molecule has 0 bridgehead atoms. The summed E-state index contributed by atoms with van der Waals surface area (Å²) in [4.78, 5) is 36.9. The standard InChI is InChI=1S/C28H26FN5O3/c29-22-10-17(5-7-23(22)33-9-1-2-26(33)35)21-14-30-25(12-20(21)16-3-4-16)32-18-11-24-28(31-13-18)37-15-19-6-8-27(36)34(19)24/h5,7,10-14,16,19H,1-4,6,8-9,15H2,(H,30,32)/t19-/m0/s1. The number of aromatic nitrogens is 2. The van der Waals surface area contributed by atoms with Crippen LogP contribution >= 0.6 is 0 Å². The number of pyridine rings is 2. The van der Waals surface area contributed by atoms with E-state index in [9.17, 15) is 9.59 Å². The summed E-state index contributed by atoms with van der Waals surface area (Å²) in [6, 6.07) is 9.04. The minimum absolute atomic E-state index is 0.0322. The van der Waals surface area contributed by atoms with Gasteiger partial charge in [0.15, 0.2) is 0 Å². The number of anilines is 4. The predicted octanol–water partition coefficient (Wildman–Crippen LogP) is 4.92. The lowest BCUT2D eigenvalue weighted by molar-refractivity contribution is -0.118. The van der Waals surface area contributed by atoms with Crippen LogP contribution in [0.25, 0.3) is 11.1 Å². The first-order valence-corrected chi connectivity index (χ1v) is 12.9. The SMILES string of the molecule is O=C1CCCN1c1ccc(-c2cnc(Nc3cnc4c(c3)N3C(=O)CC[C@H]3CO4)cc2C2CC2)cc1F. The molecule has 0 spiro atoms. The van der Waals surface area contributed by atoms with Crippen LogP contribution in [0.2, 0.25) is 0 Å². The van der Waals surface area contributed by atoms with E-state index in [-0.39, 0.29) is 17.9 Å². The van der Waals surface area contributed by atoms with E-state index >= 15 is 4.39 Å². The van der Waals surface area contributed by atoms with Gasteiger partial charge in [0, 0.05) is 31.1 Å². The highest BCUT2D eigenvalue weighted by molar-refractivity contribution is 5.98. The van der Waals surface area contributed by atoms with Crippen molar-refractivity contribution in [3.05, 3.63) is 54.1 Å². The van der Waals surface area contributed by atoms with Gasteiger partial charge in [-0.25, -0.2) is 14.4 Å². The third kappa shape index (κ3) is 3.89. The summed E-state index contributed by atoms with van der Waals surface area (Å²) in [6.07, 6.45) is 8.15. The number of amides is 2. The van der Waals surface area contributed by atoms with Gasteiger partial charge in [-0.3, -0.25) is 9.59 Å². The number of nitrogens with one attached hydrogen (secondary N) is 1. The number of halogens is 1. The fourth-order valence-corrected chi connectivity index (χ4v) is 5.66. The van der Waals surface area contributed by atoms with Crippen molar-refractivity contribution in [1.29, 1.82) is 0 Å². The normalized spacial score (nSPS) is 20.6. The first-order valence-electron chi connectivity index (χ1n) is 12.9. The summed E-state index contributed by atoms with van der Waals surface area (Å²) < 4.78 is 20.8. The molecular weight excluding hydrogens is 473 g/mol. The molecular formula is C28H26FN5O3. The van der Waals surface area contributed by atoms with Crippen LogP contribution in [-0.4, -0.2) is 41.0 Å². The molecule has 7 rings (SSSR count). The second-order valence-corrected chi connectivity index (χ2v) is 10.2. The van der Waals surface area contributed by atoms with Crippen LogP contribution in [0.5, 0.6) is 5.88 Å². The van der Waals surface area contributed by atoms with Gasteiger partial charge in [-0.05, 0) is 67.0 Å². The second kappa shape index (κ2) is 8.54. The highest BCUT2D eigenvalue weighted by atomic mass is 19.1. The smallest absolute Gasteiger partial charge is 0.238 e. The van der Waals surface area contributed by atoms with Crippen LogP contribution in [0.3, 0.4) is 0 Å².